The molecule has 6 heteroatoms. The Bertz CT molecular complexity index is 681. The molecule has 2 N–H and O–H groups in total. The number of rotatable bonds is 5. The first-order valence-electron chi connectivity index (χ1n) is 6.33. The van der Waals surface area contributed by atoms with Gasteiger partial charge in [-0.25, -0.2) is 4.79 Å². The zero-order valence-electron chi connectivity index (χ0n) is 11.4. The highest BCUT2D eigenvalue weighted by molar-refractivity contribution is 7.14. The van der Waals surface area contributed by atoms with Crippen molar-refractivity contribution in [1.29, 1.82) is 0 Å². The average Bonchev–Trinajstić information content (AvgIpc) is 2.88. The normalized spacial score (nSPS) is 10.4. The van der Waals surface area contributed by atoms with Gasteiger partial charge >= 0.3 is 5.97 Å². The van der Waals surface area contributed by atoms with Crippen LogP contribution in [0.4, 0.5) is 5.00 Å². The van der Waals surface area contributed by atoms with Gasteiger partial charge in [-0.05, 0) is 42.0 Å². The quantitative estimate of drug-likeness (QED) is 0.874. The number of aromatic carboxylic acids is 1. The number of amides is 1. The van der Waals surface area contributed by atoms with Gasteiger partial charge in [0.25, 0.3) is 0 Å². The standard InChI is InChI=1S/C15H14ClNO3S/c1-9-2-3-10(8-12(9)16)4-5-13(18)17-14-11(15(19)20)6-7-21-14/h2-3,6-8H,4-5H2,1H3,(H,17,18)(H,19,20). The molecule has 0 radical (unpaired) electrons. The van der Waals surface area contributed by atoms with Crippen LogP contribution in [0.15, 0.2) is 29.6 Å². The van der Waals surface area contributed by atoms with Crippen LogP contribution in [0.25, 0.3) is 0 Å². The number of halogens is 1. The minimum Gasteiger partial charge on any atom is -0.478 e. The van der Waals surface area contributed by atoms with Gasteiger partial charge in [0.05, 0.1) is 5.56 Å². The van der Waals surface area contributed by atoms with Crippen LogP contribution in [0.2, 0.25) is 5.02 Å². The van der Waals surface area contributed by atoms with Gasteiger partial charge in [0, 0.05) is 11.4 Å². The van der Waals surface area contributed by atoms with E-state index in [2.05, 4.69) is 5.32 Å². The third-order valence-corrected chi connectivity index (χ3v) is 4.26. The Hall–Kier alpha value is -1.85. The topological polar surface area (TPSA) is 66.4 Å². The van der Waals surface area contributed by atoms with Crippen molar-refractivity contribution in [3.8, 4) is 0 Å². The fourth-order valence-electron chi connectivity index (χ4n) is 1.81. The summed E-state index contributed by atoms with van der Waals surface area (Å²) in [5.41, 5.74) is 2.09. The molecule has 0 atom stereocenters. The van der Waals surface area contributed by atoms with Crippen molar-refractivity contribution >= 4 is 39.8 Å². The van der Waals surface area contributed by atoms with Crippen LogP contribution in [0, 0.1) is 6.92 Å². The maximum Gasteiger partial charge on any atom is 0.338 e. The molecule has 1 aromatic carbocycles. The largest absolute Gasteiger partial charge is 0.478 e. The molecule has 0 saturated heterocycles. The first-order chi connectivity index (χ1) is 9.97. The van der Waals surface area contributed by atoms with Gasteiger partial charge < -0.3 is 10.4 Å². The number of thiophene rings is 1. The molecular formula is C15H14ClNO3S. The van der Waals surface area contributed by atoms with Crippen molar-refractivity contribution in [2.24, 2.45) is 0 Å². The molecule has 1 heterocycles. The first kappa shape index (κ1) is 15.5. The number of carboxylic acids is 1. The highest BCUT2D eigenvalue weighted by atomic mass is 35.5. The molecule has 2 rings (SSSR count). The lowest BCUT2D eigenvalue weighted by Gasteiger charge is -2.06. The number of aryl methyl sites for hydroxylation is 2. The van der Waals surface area contributed by atoms with Crippen LogP contribution in [-0.4, -0.2) is 17.0 Å². The first-order valence-corrected chi connectivity index (χ1v) is 7.59. The van der Waals surface area contributed by atoms with Gasteiger partial charge in [-0.3, -0.25) is 4.79 Å². The minimum atomic E-state index is -1.04. The number of carboxylic acid groups (broad SMARTS) is 1. The fraction of sp³-hybridized carbons (Fsp3) is 0.200. The van der Waals surface area contributed by atoms with Crippen LogP contribution >= 0.6 is 22.9 Å². The molecule has 2 aromatic rings. The molecule has 110 valence electrons. The highest BCUT2D eigenvalue weighted by Gasteiger charge is 2.13. The lowest BCUT2D eigenvalue weighted by atomic mass is 10.1. The van der Waals surface area contributed by atoms with E-state index in [0.717, 1.165) is 11.1 Å². The Balaban J connectivity index is 1.94. The summed E-state index contributed by atoms with van der Waals surface area (Å²) in [4.78, 5) is 22.8. The molecule has 0 spiro atoms. The zero-order valence-corrected chi connectivity index (χ0v) is 12.9. The Morgan fingerprint density at radius 3 is 2.76 bits per heavy atom. The Kier molecular flexibility index (Phi) is 4.98. The van der Waals surface area contributed by atoms with Crippen molar-refractivity contribution < 1.29 is 14.7 Å². The SMILES string of the molecule is Cc1ccc(CCC(=O)Nc2sccc2C(=O)O)cc1Cl. The number of nitrogens with one attached hydrogen (secondary N) is 1. The maximum absolute atomic E-state index is 11.9. The summed E-state index contributed by atoms with van der Waals surface area (Å²) >= 11 is 7.23. The van der Waals surface area contributed by atoms with Gasteiger partial charge in [0.1, 0.15) is 5.00 Å². The second kappa shape index (κ2) is 6.74. The van der Waals surface area contributed by atoms with Crippen molar-refractivity contribution in [2.45, 2.75) is 19.8 Å². The van der Waals surface area contributed by atoms with E-state index in [1.165, 1.54) is 17.4 Å². The third kappa shape index (κ3) is 4.06. The van der Waals surface area contributed by atoms with E-state index in [1.54, 1.807) is 5.38 Å². The highest BCUT2D eigenvalue weighted by Crippen LogP contribution is 2.23. The second-order valence-electron chi connectivity index (χ2n) is 4.60. The number of benzene rings is 1. The van der Waals surface area contributed by atoms with E-state index in [9.17, 15) is 9.59 Å². The molecule has 0 saturated carbocycles. The molecule has 0 aliphatic carbocycles. The minimum absolute atomic E-state index is 0.117. The van der Waals surface area contributed by atoms with E-state index >= 15 is 0 Å². The zero-order chi connectivity index (χ0) is 15.4. The van der Waals surface area contributed by atoms with Crippen LogP contribution in [0.1, 0.15) is 27.9 Å². The summed E-state index contributed by atoms with van der Waals surface area (Å²) in [5, 5.41) is 14.3. The van der Waals surface area contributed by atoms with Gasteiger partial charge in [-0.15, -0.1) is 11.3 Å². The lowest BCUT2D eigenvalue weighted by molar-refractivity contribution is -0.116. The van der Waals surface area contributed by atoms with E-state index in [4.69, 9.17) is 16.7 Å². The maximum atomic E-state index is 11.9. The van der Waals surface area contributed by atoms with Crippen LogP contribution in [-0.2, 0) is 11.2 Å². The van der Waals surface area contributed by atoms with E-state index in [1.807, 2.05) is 25.1 Å². The van der Waals surface area contributed by atoms with Crippen molar-refractivity contribution in [3.05, 3.63) is 51.4 Å². The van der Waals surface area contributed by atoms with E-state index < -0.39 is 5.97 Å². The number of hydrogen-bond acceptors (Lipinski definition) is 3. The van der Waals surface area contributed by atoms with Gasteiger partial charge in [-0.2, -0.15) is 0 Å². The number of carbonyl (C=O) groups excluding carboxylic acids is 1. The summed E-state index contributed by atoms with van der Waals surface area (Å²) in [6, 6.07) is 7.17. The number of hydrogen-bond donors (Lipinski definition) is 2. The summed E-state index contributed by atoms with van der Waals surface area (Å²) in [6.45, 7) is 1.92. The number of anilines is 1. The predicted octanol–water partition coefficient (Wildman–Crippen LogP) is 3.98. The monoisotopic (exact) mass is 323 g/mol. The summed E-state index contributed by atoms with van der Waals surface area (Å²) in [6.07, 6.45) is 0.829. The second-order valence-corrected chi connectivity index (χ2v) is 5.92. The van der Waals surface area contributed by atoms with Crippen LogP contribution < -0.4 is 5.32 Å². The molecule has 0 unspecified atom stereocenters. The summed E-state index contributed by atoms with van der Waals surface area (Å²) in [7, 11) is 0. The molecule has 1 aromatic heterocycles. The fourth-order valence-corrected chi connectivity index (χ4v) is 2.81. The molecule has 0 bridgehead atoms. The van der Waals surface area contributed by atoms with Crippen LogP contribution in [0.3, 0.4) is 0 Å². The molecule has 0 fully saturated rings. The predicted molar refractivity (Wildman–Crippen MR) is 84.4 cm³/mol. The average molecular weight is 324 g/mol. The Labute approximate surface area is 131 Å². The molecular weight excluding hydrogens is 310 g/mol. The molecule has 21 heavy (non-hydrogen) atoms. The van der Waals surface area contributed by atoms with Gasteiger partial charge in [-0.1, -0.05) is 23.7 Å². The Morgan fingerprint density at radius 1 is 1.33 bits per heavy atom. The molecule has 1 amide bonds. The smallest absolute Gasteiger partial charge is 0.338 e. The van der Waals surface area contributed by atoms with Crippen LogP contribution in [0.5, 0.6) is 0 Å². The summed E-state index contributed by atoms with van der Waals surface area (Å²) in [5.74, 6) is -1.26. The molecule has 0 aliphatic heterocycles. The Morgan fingerprint density at radius 2 is 2.10 bits per heavy atom. The van der Waals surface area contributed by atoms with Crippen molar-refractivity contribution in [3.63, 3.8) is 0 Å². The summed E-state index contributed by atoms with van der Waals surface area (Å²) < 4.78 is 0. The van der Waals surface area contributed by atoms with E-state index in [-0.39, 0.29) is 17.9 Å². The van der Waals surface area contributed by atoms with Gasteiger partial charge in [0.2, 0.25) is 5.91 Å². The third-order valence-electron chi connectivity index (χ3n) is 3.03. The number of carbonyl (C=O) groups is 2. The molecule has 4 nitrogen and oxygen atoms in total. The lowest BCUT2D eigenvalue weighted by Crippen LogP contribution is -2.13. The van der Waals surface area contributed by atoms with Gasteiger partial charge in [0.15, 0.2) is 0 Å². The molecule has 0 aliphatic rings. The van der Waals surface area contributed by atoms with Crippen molar-refractivity contribution in [2.75, 3.05) is 5.32 Å². The van der Waals surface area contributed by atoms with E-state index in [0.29, 0.717) is 16.4 Å². The van der Waals surface area contributed by atoms with Crippen molar-refractivity contribution in [1.82, 2.24) is 0 Å².